The zero-order valence-electron chi connectivity index (χ0n) is 17.2. The summed E-state index contributed by atoms with van der Waals surface area (Å²) in [6.07, 6.45) is -1.13. The summed E-state index contributed by atoms with van der Waals surface area (Å²) in [5, 5.41) is 5.29. The average Bonchev–Trinajstić information content (AvgIpc) is 2.66. The van der Waals surface area contributed by atoms with Crippen molar-refractivity contribution in [3.05, 3.63) is 36.4 Å². The van der Waals surface area contributed by atoms with E-state index in [4.69, 9.17) is 9.47 Å². The summed E-state index contributed by atoms with van der Waals surface area (Å²) in [7, 11) is 0. The molecule has 8 heteroatoms. The molecular formula is C21H27N3O5. The van der Waals surface area contributed by atoms with Gasteiger partial charge in [0.25, 0.3) is 0 Å². The van der Waals surface area contributed by atoms with Crippen LogP contribution in [0.3, 0.4) is 0 Å². The van der Waals surface area contributed by atoms with Crippen molar-refractivity contribution in [1.82, 2.24) is 5.43 Å². The molecule has 0 spiro atoms. The van der Waals surface area contributed by atoms with Gasteiger partial charge in [-0.2, -0.15) is 5.01 Å². The van der Waals surface area contributed by atoms with Gasteiger partial charge in [-0.15, -0.1) is 0 Å². The molecule has 156 valence electrons. The van der Waals surface area contributed by atoms with E-state index >= 15 is 0 Å². The molecule has 2 rings (SSSR count). The number of hydrogen-bond donors (Lipinski definition) is 2. The van der Waals surface area contributed by atoms with Crippen molar-refractivity contribution >= 4 is 40.2 Å². The molecule has 3 amide bonds. The summed E-state index contributed by atoms with van der Waals surface area (Å²) >= 11 is 0. The Hall–Kier alpha value is -3.29. The van der Waals surface area contributed by atoms with Crippen LogP contribution in [0.25, 0.3) is 10.8 Å². The molecule has 0 aliphatic heterocycles. The van der Waals surface area contributed by atoms with Crippen LogP contribution in [0.4, 0.5) is 21.0 Å². The molecule has 0 saturated carbocycles. The van der Waals surface area contributed by atoms with Crippen LogP contribution in [0, 0.1) is 5.92 Å². The lowest BCUT2D eigenvalue weighted by molar-refractivity contribution is -0.116. The molecule has 0 aromatic heterocycles. The van der Waals surface area contributed by atoms with Crippen LogP contribution < -0.4 is 15.8 Å². The van der Waals surface area contributed by atoms with Crippen LogP contribution in [0.5, 0.6) is 0 Å². The molecule has 0 aliphatic rings. The normalized spacial score (nSPS) is 10.5. The molecule has 8 nitrogen and oxygen atoms in total. The van der Waals surface area contributed by atoms with Crippen molar-refractivity contribution in [2.24, 2.45) is 5.92 Å². The zero-order valence-corrected chi connectivity index (χ0v) is 17.2. The average molecular weight is 401 g/mol. The van der Waals surface area contributed by atoms with Crippen molar-refractivity contribution in [2.75, 3.05) is 23.5 Å². The highest BCUT2D eigenvalue weighted by Crippen LogP contribution is 2.32. The molecule has 2 aromatic rings. The third-order valence-corrected chi connectivity index (χ3v) is 3.94. The van der Waals surface area contributed by atoms with Gasteiger partial charge in [0, 0.05) is 22.9 Å². The van der Waals surface area contributed by atoms with Crippen molar-refractivity contribution in [2.45, 2.75) is 34.1 Å². The highest BCUT2D eigenvalue weighted by molar-refractivity contribution is 6.09. The molecule has 0 radical (unpaired) electrons. The lowest BCUT2D eigenvalue weighted by Gasteiger charge is -2.24. The Morgan fingerprint density at radius 2 is 1.62 bits per heavy atom. The van der Waals surface area contributed by atoms with Crippen LogP contribution in [-0.4, -0.2) is 31.3 Å². The number of nitrogens with zero attached hydrogens (tertiary/aromatic N) is 1. The molecule has 0 bridgehead atoms. The fourth-order valence-electron chi connectivity index (χ4n) is 2.81. The first-order valence-corrected chi connectivity index (χ1v) is 9.59. The minimum absolute atomic E-state index is 0.0928. The van der Waals surface area contributed by atoms with E-state index in [2.05, 4.69) is 10.7 Å². The van der Waals surface area contributed by atoms with Crippen molar-refractivity contribution < 1.29 is 23.9 Å². The fourth-order valence-corrected chi connectivity index (χ4v) is 2.81. The van der Waals surface area contributed by atoms with Crippen LogP contribution >= 0.6 is 0 Å². The number of hydrazine groups is 1. The highest BCUT2D eigenvalue weighted by atomic mass is 16.6. The first kappa shape index (κ1) is 22.0. The maximum Gasteiger partial charge on any atom is 0.433 e. The number of rotatable bonds is 6. The summed E-state index contributed by atoms with van der Waals surface area (Å²) in [5.74, 6) is 0.137. The van der Waals surface area contributed by atoms with E-state index in [1.807, 2.05) is 26.0 Å². The number of amides is 3. The predicted octanol–water partition coefficient (Wildman–Crippen LogP) is 4.45. The molecule has 0 fully saturated rings. The van der Waals surface area contributed by atoms with Crippen molar-refractivity contribution in [3.63, 3.8) is 0 Å². The first-order valence-electron chi connectivity index (χ1n) is 9.59. The molecule has 2 aromatic carbocycles. The Morgan fingerprint density at radius 1 is 0.966 bits per heavy atom. The highest BCUT2D eigenvalue weighted by Gasteiger charge is 2.23. The second-order valence-corrected chi connectivity index (χ2v) is 6.69. The van der Waals surface area contributed by atoms with Gasteiger partial charge in [0.05, 0.1) is 18.9 Å². The van der Waals surface area contributed by atoms with E-state index in [1.54, 1.807) is 38.1 Å². The van der Waals surface area contributed by atoms with E-state index in [-0.39, 0.29) is 25.0 Å². The minimum atomic E-state index is -0.779. The van der Waals surface area contributed by atoms with Gasteiger partial charge in [0.15, 0.2) is 0 Å². The Bertz CT molecular complexity index is 882. The summed E-state index contributed by atoms with van der Waals surface area (Å²) in [6, 6.07) is 10.6. The van der Waals surface area contributed by atoms with Crippen LogP contribution in [0.2, 0.25) is 0 Å². The zero-order chi connectivity index (χ0) is 21.4. The number of benzene rings is 2. The third-order valence-electron chi connectivity index (χ3n) is 3.94. The van der Waals surface area contributed by atoms with E-state index < -0.39 is 12.2 Å². The van der Waals surface area contributed by atoms with Gasteiger partial charge in [-0.1, -0.05) is 38.1 Å². The molecule has 0 aliphatic carbocycles. The third kappa shape index (κ3) is 5.84. The maximum atomic E-state index is 12.5. The van der Waals surface area contributed by atoms with Gasteiger partial charge in [0.2, 0.25) is 5.91 Å². The van der Waals surface area contributed by atoms with Gasteiger partial charge in [-0.3, -0.25) is 4.79 Å². The van der Waals surface area contributed by atoms with Crippen LogP contribution in [0.1, 0.15) is 34.1 Å². The van der Waals surface area contributed by atoms with E-state index in [0.29, 0.717) is 23.2 Å². The number of anilines is 2. The Kier molecular flexibility index (Phi) is 7.82. The summed E-state index contributed by atoms with van der Waals surface area (Å²) in [6.45, 7) is 7.58. The van der Waals surface area contributed by atoms with Gasteiger partial charge in [-0.05, 0) is 31.9 Å². The molecule has 2 N–H and O–H groups in total. The molecular weight excluding hydrogens is 374 g/mol. The van der Waals surface area contributed by atoms with Crippen molar-refractivity contribution in [1.29, 1.82) is 0 Å². The van der Waals surface area contributed by atoms with Gasteiger partial charge < -0.3 is 14.8 Å². The van der Waals surface area contributed by atoms with Gasteiger partial charge >= 0.3 is 12.2 Å². The second-order valence-electron chi connectivity index (χ2n) is 6.69. The molecule has 0 heterocycles. The largest absolute Gasteiger partial charge is 0.449 e. The van der Waals surface area contributed by atoms with Crippen LogP contribution in [-0.2, 0) is 14.3 Å². The summed E-state index contributed by atoms with van der Waals surface area (Å²) in [5.41, 5.74) is 3.43. The maximum absolute atomic E-state index is 12.5. The molecule has 0 atom stereocenters. The smallest absolute Gasteiger partial charge is 0.433 e. The van der Waals surface area contributed by atoms with E-state index in [0.717, 1.165) is 10.4 Å². The molecule has 29 heavy (non-hydrogen) atoms. The monoisotopic (exact) mass is 401 g/mol. The predicted molar refractivity (Wildman–Crippen MR) is 112 cm³/mol. The summed E-state index contributed by atoms with van der Waals surface area (Å²) in [4.78, 5) is 36.6. The lowest BCUT2D eigenvalue weighted by atomic mass is 10.1. The second kappa shape index (κ2) is 10.3. The van der Waals surface area contributed by atoms with E-state index in [1.165, 1.54) is 0 Å². The number of carbonyl (C=O) groups excluding carboxylic acids is 3. The Morgan fingerprint density at radius 3 is 2.24 bits per heavy atom. The topological polar surface area (TPSA) is 97.0 Å². The molecule has 0 saturated heterocycles. The number of fused-ring (bicyclic) bond motifs is 1. The van der Waals surface area contributed by atoms with E-state index in [9.17, 15) is 14.4 Å². The van der Waals surface area contributed by atoms with Gasteiger partial charge in [0.1, 0.15) is 0 Å². The number of nitrogens with one attached hydrogen (secondary N) is 2. The fraction of sp³-hybridized carbons (Fsp3) is 0.381. The summed E-state index contributed by atoms with van der Waals surface area (Å²) < 4.78 is 9.96. The molecule has 0 unspecified atom stereocenters. The standard InChI is InChI=1S/C21H27N3O5/c1-5-28-20(26)23-24(21(27)29-6-2)18-12-11-17(22-19(25)13-14(3)4)15-9-7-8-10-16(15)18/h7-12,14H,5-6,13H2,1-4H3,(H,22,25)(H,23,26). The van der Waals surface area contributed by atoms with Crippen molar-refractivity contribution in [3.8, 4) is 0 Å². The quantitative estimate of drug-likeness (QED) is 0.697. The number of ether oxygens (including phenoxy) is 2. The van der Waals surface area contributed by atoms with Crippen LogP contribution in [0.15, 0.2) is 36.4 Å². The Labute approximate surface area is 170 Å². The van der Waals surface area contributed by atoms with Gasteiger partial charge in [-0.25, -0.2) is 15.0 Å². The lowest BCUT2D eigenvalue weighted by Crippen LogP contribution is -2.47. The SMILES string of the molecule is CCOC(=O)NN(C(=O)OCC)c1ccc(NC(=O)CC(C)C)c2ccccc12. The Balaban J connectivity index is 2.47. The first-order chi connectivity index (χ1) is 13.9. The minimum Gasteiger partial charge on any atom is -0.449 e. The number of hydrogen-bond acceptors (Lipinski definition) is 5. The number of carbonyl (C=O) groups is 3.